The predicted octanol–water partition coefficient (Wildman–Crippen LogP) is 2.17. The smallest absolute Gasteiger partial charge is 0.227 e. The zero-order valence-corrected chi connectivity index (χ0v) is 11.8. The molecule has 20 heavy (non-hydrogen) atoms. The SMILES string of the molecule is Cc1cccc(CN(C)C(=O)Cc2ccc(N)cc2)n1. The van der Waals surface area contributed by atoms with Gasteiger partial charge in [0.15, 0.2) is 0 Å². The Hall–Kier alpha value is -2.36. The summed E-state index contributed by atoms with van der Waals surface area (Å²) >= 11 is 0. The molecule has 0 saturated heterocycles. The number of aryl methyl sites for hydroxylation is 1. The van der Waals surface area contributed by atoms with Crippen LogP contribution in [0.1, 0.15) is 17.0 Å². The molecule has 1 aromatic heterocycles. The van der Waals surface area contributed by atoms with Crippen molar-refractivity contribution in [2.75, 3.05) is 12.8 Å². The molecule has 1 heterocycles. The average Bonchev–Trinajstić information content (AvgIpc) is 2.41. The minimum Gasteiger partial charge on any atom is -0.399 e. The van der Waals surface area contributed by atoms with Gasteiger partial charge in [-0.05, 0) is 36.8 Å². The summed E-state index contributed by atoms with van der Waals surface area (Å²) in [5.41, 5.74) is 9.16. The lowest BCUT2D eigenvalue weighted by Crippen LogP contribution is -2.28. The number of anilines is 1. The summed E-state index contributed by atoms with van der Waals surface area (Å²) in [6.07, 6.45) is 0.378. The molecule has 1 amide bonds. The topological polar surface area (TPSA) is 59.2 Å². The van der Waals surface area contributed by atoms with Crippen LogP contribution in [-0.4, -0.2) is 22.8 Å². The number of hydrogen-bond donors (Lipinski definition) is 1. The lowest BCUT2D eigenvalue weighted by molar-refractivity contribution is -0.129. The van der Waals surface area contributed by atoms with Gasteiger partial charge in [-0.15, -0.1) is 0 Å². The first-order valence-corrected chi connectivity index (χ1v) is 6.55. The number of likely N-dealkylation sites (N-methyl/N-ethyl adjacent to an activating group) is 1. The molecule has 4 nitrogen and oxygen atoms in total. The van der Waals surface area contributed by atoms with Crippen LogP contribution in [0.3, 0.4) is 0 Å². The second kappa shape index (κ2) is 6.19. The van der Waals surface area contributed by atoms with Gasteiger partial charge >= 0.3 is 0 Å². The van der Waals surface area contributed by atoms with E-state index in [4.69, 9.17) is 5.73 Å². The van der Waals surface area contributed by atoms with Crippen molar-refractivity contribution in [3.63, 3.8) is 0 Å². The van der Waals surface area contributed by atoms with E-state index in [1.54, 1.807) is 11.9 Å². The Morgan fingerprint density at radius 1 is 1.20 bits per heavy atom. The molecule has 0 aliphatic heterocycles. The van der Waals surface area contributed by atoms with Crippen LogP contribution in [0.5, 0.6) is 0 Å². The molecule has 4 heteroatoms. The monoisotopic (exact) mass is 269 g/mol. The van der Waals surface area contributed by atoms with Crippen LogP contribution in [-0.2, 0) is 17.8 Å². The Labute approximate surface area is 119 Å². The van der Waals surface area contributed by atoms with Crippen molar-refractivity contribution < 1.29 is 4.79 Å². The quantitative estimate of drug-likeness (QED) is 0.865. The number of nitrogens with two attached hydrogens (primary N) is 1. The van der Waals surface area contributed by atoms with Gasteiger partial charge < -0.3 is 10.6 Å². The molecule has 2 aromatic rings. The molecular formula is C16H19N3O. The van der Waals surface area contributed by atoms with Crippen LogP contribution in [0.15, 0.2) is 42.5 Å². The van der Waals surface area contributed by atoms with E-state index in [1.807, 2.05) is 49.4 Å². The van der Waals surface area contributed by atoms with Gasteiger partial charge in [0.25, 0.3) is 0 Å². The number of carbonyl (C=O) groups is 1. The standard InChI is InChI=1S/C16H19N3O/c1-12-4-3-5-15(18-12)11-19(2)16(20)10-13-6-8-14(17)9-7-13/h3-9H,10-11,17H2,1-2H3. The van der Waals surface area contributed by atoms with Gasteiger partial charge in [0.1, 0.15) is 0 Å². The van der Waals surface area contributed by atoms with E-state index < -0.39 is 0 Å². The van der Waals surface area contributed by atoms with Crippen molar-refractivity contribution in [2.24, 2.45) is 0 Å². The number of aromatic nitrogens is 1. The summed E-state index contributed by atoms with van der Waals surface area (Å²) in [4.78, 5) is 18.2. The van der Waals surface area contributed by atoms with E-state index in [1.165, 1.54) is 0 Å². The molecule has 0 radical (unpaired) electrons. The number of nitrogens with zero attached hydrogens (tertiary/aromatic N) is 2. The highest BCUT2D eigenvalue weighted by Gasteiger charge is 2.10. The maximum atomic E-state index is 12.2. The van der Waals surface area contributed by atoms with E-state index in [0.717, 1.165) is 17.0 Å². The highest BCUT2D eigenvalue weighted by atomic mass is 16.2. The summed E-state index contributed by atoms with van der Waals surface area (Å²) in [7, 11) is 1.80. The molecule has 2 N–H and O–H groups in total. The van der Waals surface area contributed by atoms with Crippen LogP contribution in [0.4, 0.5) is 5.69 Å². The first-order chi connectivity index (χ1) is 9.54. The third kappa shape index (κ3) is 3.82. The molecule has 0 spiro atoms. The van der Waals surface area contributed by atoms with Crippen LogP contribution in [0.25, 0.3) is 0 Å². The first-order valence-electron chi connectivity index (χ1n) is 6.55. The van der Waals surface area contributed by atoms with Crippen LogP contribution in [0.2, 0.25) is 0 Å². The molecule has 0 fully saturated rings. The Balaban J connectivity index is 1.96. The van der Waals surface area contributed by atoms with Gasteiger partial charge in [-0.1, -0.05) is 18.2 Å². The summed E-state index contributed by atoms with van der Waals surface area (Å²) in [5.74, 6) is 0.0677. The maximum Gasteiger partial charge on any atom is 0.227 e. The fourth-order valence-electron chi connectivity index (χ4n) is 1.96. The summed E-state index contributed by atoms with van der Waals surface area (Å²) in [5, 5.41) is 0. The van der Waals surface area contributed by atoms with Crippen molar-refractivity contribution in [2.45, 2.75) is 19.9 Å². The number of amides is 1. The number of nitrogen functional groups attached to an aromatic ring is 1. The van der Waals surface area contributed by atoms with Crippen molar-refractivity contribution in [1.82, 2.24) is 9.88 Å². The predicted molar refractivity (Wildman–Crippen MR) is 80.0 cm³/mol. The van der Waals surface area contributed by atoms with E-state index in [-0.39, 0.29) is 5.91 Å². The van der Waals surface area contributed by atoms with E-state index in [0.29, 0.717) is 18.7 Å². The van der Waals surface area contributed by atoms with Gasteiger partial charge in [0.2, 0.25) is 5.91 Å². The maximum absolute atomic E-state index is 12.2. The number of rotatable bonds is 4. The fraction of sp³-hybridized carbons (Fsp3) is 0.250. The van der Waals surface area contributed by atoms with Crippen LogP contribution < -0.4 is 5.73 Å². The molecule has 0 saturated carbocycles. The summed E-state index contributed by atoms with van der Waals surface area (Å²) in [6.45, 7) is 2.47. The minimum atomic E-state index is 0.0677. The fourth-order valence-corrected chi connectivity index (χ4v) is 1.96. The third-order valence-electron chi connectivity index (χ3n) is 3.11. The summed E-state index contributed by atoms with van der Waals surface area (Å²) < 4.78 is 0. The van der Waals surface area contributed by atoms with E-state index in [2.05, 4.69) is 4.98 Å². The van der Waals surface area contributed by atoms with Crippen molar-refractivity contribution in [1.29, 1.82) is 0 Å². The lowest BCUT2D eigenvalue weighted by atomic mass is 10.1. The minimum absolute atomic E-state index is 0.0677. The molecule has 104 valence electrons. The zero-order valence-electron chi connectivity index (χ0n) is 11.8. The molecule has 2 rings (SSSR count). The highest BCUT2D eigenvalue weighted by Crippen LogP contribution is 2.08. The van der Waals surface area contributed by atoms with Gasteiger partial charge in [0.05, 0.1) is 18.7 Å². The second-order valence-corrected chi connectivity index (χ2v) is 4.94. The Morgan fingerprint density at radius 3 is 2.55 bits per heavy atom. The normalized spacial score (nSPS) is 10.3. The van der Waals surface area contributed by atoms with Gasteiger partial charge in [-0.3, -0.25) is 9.78 Å². The van der Waals surface area contributed by atoms with Crippen molar-refractivity contribution in [3.8, 4) is 0 Å². The van der Waals surface area contributed by atoms with Gasteiger partial charge in [-0.2, -0.15) is 0 Å². The molecule has 1 aromatic carbocycles. The molecule has 0 aliphatic carbocycles. The van der Waals surface area contributed by atoms with Gasteiger partial charge in [0, 0.05) is 18.4 Å². The largest absolute Gasteiger partial charge is 0.399 e. The Kier molecular flexibility index (Phi) is 4.35. The van der Waals surface area contributed by atoms with Crippen molar-refractivity contribution in [3.05, 3.63) is 59.4 Å². The van der Waals surface area contributed by atoms with Crippen LogP contribution >= 0.6 is 0 Å². The molecule has 0 unspecified atom stereocenters. The van der Waals surface area contributed by atoms with Crippen LogP contribution in [0, 0.1) is 6.92 Å². The number of carbonyl (C=O) groups excluding carboxylic acids is 1. The van der Waals surface area contributed by atoms with E-state index >= 15 is 0 Å². The zero-order chi connectivity index (χ0) is 14.5. The second-order valence-electron chi connectivity index (χ2n) is 4.94. The van der Waals surface area contributed by atoms with Gasteiger partial charge in [-0.25, -0.2) is 0 Å². The molecule has 0 atom stereocenters. The molecule has 0 bridgehead atoms. The molecular weight excluding hydrogens is 250 g/mol. The Morgan fingerprint density at radius 2 is 1.90 bits per heavy atom. The lowest BCUT2D eigenvalue weighted by Gasteiger charge is -2.17. The van der Waals surface area contributed by atoms with E-state index in [9.17, 15) is 4.79 Å². The highest BCUT2D eigenvalue weighted by molar-refractivity contribution is 5.78. The number of hydrogen-bond acceptors (Lipinski definition) is 3. The first kappa shape index (κ1) is 14.1. The number of benzene rings is 1. The third-order valence-corrected chi connectivity index (χ3v) is 3.11. The summed E-state index contributed by atoms with van der Waals surface area (Å²) in [6, 6.07) is 13.2. The van der Waals surface area contributed by atoms with Crippen molar-refractivity contribution >= 4 is 11.6 Å². The average molecular weight is 269 g/mol. The number of pyridine rings is 1. The molecule has 0 aliphatic rings. The Bertz CT molecular complexity index is 593.